The van der Waals surface area contributed by atoms with E-state index in [1.165, 1.54) is 0 Å². The molecule has 5 heteroatoms. The molecule has 0 aliphatic carbocycles. The van der Waals surface area contributed by atoms with Crippen LogP contribution in [0, 0.1) is 0 Å². The lowest BCUT2D eigenvalue weighted by atomic mass is 10.0. The molecule has 3 rings (SSSR count). The van der Waals surface area contributed by atoms with Crippen molar-refractivity contribution in [3.05, 3.63) is 70.4 Å². The number of anilines is 1. The first-order valence-electron chi connectivity index (χ1n) is 7.37. The number of likely N-dealkylation sites (N-methyl/N-ethyl adjacent to an activating group) is 1. The molecule has 1 heterocycles. The zero-order chi connectivity index (χ0) is 16.4. The van der Waals surface area contributed by atoms with E-state index >= 15 is 0 Å². The van der Waals surface area contributed by atoms with Crippen LogP contribution in [0.4, 0.5) is 5.69 Å². The van der Waals surface area contributed by atoms with E-state index in [2.05, 4.69) is 10.6 Å². The molecule has 1 aliphatic heterocycles. The molecule has 0 saturated carbocycles. The van der Waals surface area contributed by atoms with Crippen molar-refractivity contribution in [1.29, 1.82) is 0 Å². The second-order valence-electron chi connectivity index (χ2n) is 5.55. The largest absolute Gasteiger partial charge is 0.486 e. The van der Waals surface area contributed by atoms with E-state index < -0.39 is 5.00 Å². The average Bonchev–Trinajstić information content (AvgIpc) is 2.53. The standard InChI is InChI=1S/C18H18Cl2N2O/c1-18(20)17(21-2)16(23-11-12-6-4-3-5-7-12)14-10-13(19)8-9-15(14)22-18/h3-10,21-22H,11H2,1-2H3. The van der Waals surface area contributed by atoms with Crippen molar-refractivity contribution in [2.75, 3.05) is 12.4 Å². The summed E-state index contributed by atoms with van der Waals surface area (Å²) in [6.45, 7) is 2.35. The first-order chi connectivity index (χ1) is 11.0. The lowest BCUT2D eigenvalue weighted by Gasteiger charge is -2.35. The summed E-state index contributed by atoms with van der Waals surface area (Å²) in [5.74, 6) is 0.713. The molecule has 120 valence electrons. The third kappa shape index (κ3) is 3.26. The number of hydrogen-bond acceptors (Lipinski definition) is 3. The van der Waals surface area contributed by atoms with Gasteiger partial charge < -0.3 is 15.4 Å². The van der Waals surface area contributed by atoms with Gasteiger partial charge in [-0.2, -0.15) is 0 Å². The molecule has 2 aromatic carbocycles. The predicted molar refractivity (Wildman–Crippen MR) is 96.5 cm³/mol. The van der Waals surface area contributed by atoms with E-state index in [1.807, 2.05) is 62.5 Å². The van der Waals surface area contributed by atoms with Gasteiger partial charge in [-0.25, -0.2) is 0 Å². The number of alkyl halides is 1. The minimum absolute atomic E-state index is 0.459. The predicted octanol–water partition coefficient (Wildman–Crippen LogP) is 4.83. The minimum atomic E-state index is -0.776. The zero-order valence-electron chi connectivity index (χ0n) is 13.0. The van der Waals surface area contributed by atoms with E-state index in [9.17, 15) is 0 Å². The quantitative estimate of drug-likeness (QED) is 0.613. The lowest BCUT2D eigenvalue weighted by molar-refractivity contribution is 0.258. The van der Waals surface area contributed by atoms with Gasteiger partial charge in [0.15, 0.2) is 10.8 Å². The molecule has 0 aromatic heterocycles. The van der Waals surface area contributed by atoms with Gasteiger partial charge in [0.25, 0.3) is 0 Å². The van der Waals surface area contributed by atoms with Crippen molar-refractivity contribution in [3.63, 3.8) is 0 Å². The molecule has 0 fully saturated rings. The normalized spacial score (nSPS) is 19.8. The van der Waals surface area contributed by atoms with Gasteiger partial charge in [-0.15, -0.1) is 0 Å². The van der Waals surface area contributed by atoms with Crippen LogP contribution in [0.1, 0.15) is 18.1 Å². The highest BCUT2D eigenvalue weighted by molar-refractivity contribution is 6.31. The third-order valence-corrected chi connectivity index (χ3v) is 4.29. The summed E-state index contributed by atoms with van der Waals surface area (Å²) in [4.78, 5) is -0.776. The van der Waals surface area contributed by atoms with Crippen LogP contribution < -0.4 is 10.6 Å². The summed E-state index contributed by atoms with van der Waals surface area (Å²) < 4.78 is 6.12. The van der Waals surface area contributed by atoms with E-state index in [4.69, 9.17) is 27.9 Å². The van der Waals surface area contributed by atoms with Crippen molar-refractivity contribution >= 4 is 34.6 Å². The van der Waals surface area contributed by atoms with Gasteiger partial charge in [0, 0.05) is 23.3 Å². The van der Waals surface area contributed by atoms with Gasteiger partial charge in [-0.1, -0.05) is 53.5 Å². The van der Waals surface area contributed by atoms with Crippen LogP contribution >= 0.6 is 23.2 Å². The molecular formula is C18H18Cl2N2O. The maximum atomic E-state index is 6.64. The van der Waals surface area contributed by atoms with Crippen LogP contribution in [0.25, 0.3) is 5.76 Å². The molecule has 1 atom stereocenters. The van der Waals surface area contributed by atoms with Crippen molar-refractivity contribution in [2.24, 2.45) is 0 Å². The number of rotatable bonds is 4. The van der Waals surface area contributed by atoms with Gasteiger partial charge in [-0.05, 0) is 30.7 Å². The number of halogens is 2. The molecule has 2 aromatic rings. The minimum Gasteiger partial charge on any atom is -0.486 e. The average molecular weight is 349 g/mol. The maximum absolute atomic E-state index is 6.64. The highest BCUT2D eigenvalue weighted by Gasteiger charge is 2.35. The number of benzene rings is 2. The van der Waals surface area contributed by atoms with Gasteiger partial charge >= 0.3 is 0 Å². The van der Waals surface area contributed by atoms with E-state index in [-0.39, 0.29) is 0 Å². The van der Waals surface area contributed by atoms with Crippen LogP contribution in [0.2, 0.25) is 5.02 Å². The highest BCUT2D eigenvalue weighted by Crippen LogP contribution is 2.41. The molecule has 0 saturated heterocycles. The Bertz CT molecular complexity index is 742. The Morgan fingerprint density at radius 1 is 1.17 bits per heavy atom. The summed E-state index contributed by atoms with van der Waals surface area (Å²) >= 11 is 12.8. The zero-order valence-corrected chi connectivity index (χ0v) is 14.5. The fraction of sp³-hybridized carbons (Fsp3) is 0.222. The van der Waals surface area contributed by atoms with Crippen LogP contribution in [0.3, 0.4) is 0 Å². The maximum Gasteiger partial charge on any atom is 0.153 e. The monoisotopic (exact) mass is 348 g/mol. The number of fused-ring (bicyclic) bond motifs is 1. The van der Waals surface area contributed by atoms with Gasteiger partial charge in [-0.3, -0.25) is 0 Å². The SMILES string of the molecule is CNC1=C(OCc2ccccc2)c2cc(Cl)ccc2NC1(C)Cl. The van der Waals surface area contributed by atoms with Crippen LogP contribution in [0.15, 0.2) is 54.2 Å². The molecule has 1 aliphatic rings. The Kier molecular flexibility index (Phi) is 4.42. The molecule has 3 nitrogen and oxygen atoms in total. The smallest absolute Gasteiger partial charge is 0.153 e. The topological polar surface area (TPSA) is 33.3 Å². The molecule has 2 N–H and O–H groups in total. The van der Waals surface area contributed by atoms with Crippen LogP contribution in [-0.4, -0.2) is 12.0 Å². The summed E-state index contributed by atoms with van der Waals surface area (Å²) in [6.07, 6.45) is 0. The Hall–Kier alpha value is -1.84. The van der Waals surface area contributed by atoms with Crippen LogP contribution in [-0.2, 0) is 11.3 Å². The molecule has 1 unspecified atom stereocenters. The Morgan fingerprint density at radius 2 is 1.91 bits per heavy atom. The van der Waals surface area contributed by atoms with Crippen molar-refractivity contribution < 1.29 is 4.74 Å². The molecule has 0 spiro atoms. The summed E-state index contributed by atoms with van der Waals surface area (Å²) in [5, 5.41) is 7.11. The van der Waals surface area contributed by atoms with Crippen molar-refractivity contribution in [3.8, 4) is 0 Å². The third-order valence-electron chi connectivity index (χ3n) is 3.77. The first kappa shape index (κ1) is 16.0. The number of ether oxygens (including phenoxy) is 1. The molecule has 0 radical (unpaired) electrons. The van der Waals surface area contributed by atoms with Gasteiger partial charge in [0.05, 0.1) is 5.70 Å². The van der Waals surface area contributed by atoms with Crippen molar-refractivity contribution in [1.82, 2.24) is 5.32 Å². The summed E-state index contributed by atoms with van der Waals surface area (Å²) in [6, 6.07) is 15.6. The second kappa shape index (κ2) is 6.34. The Morgan fingerprint density at radius 3 is 2.61 bits per heavy atom. The fourth-order valence-corrected chi connectivity index (χ4v) is 3.16. The van der Waals surface area contributed by atoms with Crippen molar-refractivity contribution in [2.45, 2.75) is 18.5 Å². The Labute approximate surface area is 146 Å². The molecule has 23 heavy (non-hydrogen) atoms. The summed E-state index contributed by atoms with van der Waals surface area (Å²) in [5.41, 5.74) is 3.67. The molecule has 0 amide bonds. The van der Waals surface area contributed by atoms with E-state index in [0.29, 0.717) is 17.4 Å². The molecule has 0 bridgehead atoms. The molecular weight excluding hydrogens is 331 g/mol. The Balaban J connectivity index is 2.01. The first-order valence-corrected chi connectivity index (χ1v) is 8.13. The number of nitrogens with one attached hydrogen (secondary N) is 2. The summed E-state index contributed by atoms with van der Waals surface area (Å²) in [7, 11) is 1.83. The van der Waals surface area contributed by atoms with Gasteiger partial charge in [0.2, 0.25) is 0 Å². The van der Waals surface area contributed by atoms with Gasteiger partial charge in [0.1, 0.15) is 6.61 Å². The number of hydrogen-bond donors (Lipinski definition) is 2. The lowest BCUT2D eigenvalue weighted by Crippen LogP contribution is -2.40. The highest BCUT2D eigenvalue weighted by atomic mass is 35.5. The van der Waals surface area contributed by atoms with E-state index in [0.717, 1.165) is 22.5 Å². The van der Waals surface area contributed by atoms with E-state index in [1.54, 1.807) is 0 Å². The second-order valence-corrected chi connectivity index (χ2v) is 6.74. The fourth-order valence-electron chi connectivity index (χ4n) is 2.70. The van der Waals surface area contributed by atoms with Crippen LogP contribution in [0.5, 0.6) is 0 Å².